The van der Waals surface area contributed by atoms with Gasteiger partial charge in [0.1, 0.15) is 9.88 Å². The third kappa shape index (κ3) is 3.63. The molecule has 1 N–H and O–H groups in total. The molecule has 0 aliphatic carbocycles. The second-order valence-corrected chi connectivity index (χ2v) is 6.86. The van der Waals surface area contributed by atoms with Gasteiger partial charge in [-0.2, -0.15) is 0 Å². The summed E-state index contributed by atoms with van der Waals surface area (Å²) in [6.07, 6.45) is 3.46. The molecule has 2 heterocycles. The fourth-order valence-electron chi connectivity index (χ4n) is 2.32. The summed E-state index contributed by atoms with van der Waals surface area (Å²) in [4.78, 5) is 21.8. The van der Waals surface area contributed by atoms with E-state index >= 15 is 0 Å². The Labute approximate surface area is 149 Å². The lowest BCUT2D eigenvalue weighted by Gasteiger charge is -2.13. The van der Waals surface area contributed by atoms with Crippen molar-refractivity contribution in [1.29, 1.82) is 0 Å². The molecule has 0 aliphatic rings. The number of carbonyl (C=O) groups excluding carboxylic acids is 1. The van der Waals surface area contributed by atoms with Crippen LogP contribution in [0.4, 0.5) is 0 Å². The van der Waals surface area contributed by atoms with E-state index in [-0.39, 0.29) is 11.9 Å². The van der Waals surface area contributed by atoms with E-state index in [1.165, 1.54) is 11.3 Å². The topological polar surface area (TPSA) is 54.9 Å². The van der Waals surface area contributed by atoms with Crippen LogP contribution in [0.25, 0.3) is 10.6 Å². The molecule has 3 rings (SSSR count). The fourth-order valence-corrected chi connectivity index (χ4v) is 3.40. The third-order valence-electron chi connectivity index (χ3n) is 3.63. The summed E-state index contributed by atoms with van der Waals surface area (Å²) >= 11 is 7.28. The highest BCUT2D eigenvalue weighted by molar-refractivity contribution is 7.17. The maximum atomic E-state index is 12.6. The van der Waals surface area contributed by atoms with Crippen LogP contribution in [0.1, 0.15) is 33.9 Å². The molecule has 6 heteroatoms. The van der Waals surface area contributed by atoms with Gasteiger partial charge >= 0.3 is 0 Å². The first-order valence-electron chi connectivity index (χ1n) is 7.49. The first-order valence-corrected chi connectivity index (χ1v) is 8.68. The smallest absolute Gasteiger partial charge is 0.263 e. The Bertz CT molecular complexity index is 846. The average molecular weight is 358 g/mol. The van der Waals surface area contributed by atoms with Gasteiger partial charge in [0, 0.05) is 23.0 Å². The number of aryl methyl sites for hydroxylation is 1. The lowest BCUT2D eigenvalue weighted by atomic mass is 10.1. The number of nitrogens with one attached hydrogen (secondary N) is 1. The summed E-state index contributed by atoms with van der Waals surface area (Å²) in [5.41, 5.74) is 2.64. The van der Waals surface area contributed by atoms with E-state index in [1.54, 1.807) is 12.4 Å². The fraction of sp³-hybridized carbons (Fsp3) is 0.167. The second-order valence-electron chi connectivity index (χ2n) is 5.42. The van der Waals surface area contributed by atoms with Crippen molar-refractivity contribution < 1.29 is 4.79 Å². The quantitative estimate of drug-likeness (QED) is 0.738. The Morgan fingerprint density at radius 3 is 2.67 bits per heavy atom. The Morgan fingerprint density at radius 1 is 1.25 bits per heavy atom. The van der Waals surface area contributed by atoms with Crippen LogP contribution in [0.5, 0.6) is 0 Å². The highest BCUT2D eigenvalue weighted by atomic mass is 35.5. The molecule has 0 aliphatic heterocycles. The average Bonchev–Trinajstić information content (AvgIpc) is 2.98. The van der Waals surface area contributed by atoms with Crippen molar-refractivity contribution >= 4 is 28.8 Å². The number of halogens is 1. The number of amides is 1. The number of pyridine rings is 1. The van der Waals surface area contributed by atoms with Gasteiger partial charge in [-0.3, -0.25) is 9.78 Å². The molecule has 0 fully saturated rings. The highest BCUT2D eigenvalue weighted by Crippen LogP contribution is 2.27. The second kappa shape index (κ2) is 7.11. The number of rotatable bonds is 4. The number of aromatic nitrogens is 2. The van der Waals surface area contributed by atoms with E-state index in [9.17, 15) is 4.79 Å². The lowest BCUT2D eigenvalue weighted by Crippen LogP contribution is -2.26. The zero-order valence-corrected chi connectivity index (χ0v) is 14.9. The van der Waals surface area contributed by atoms with Gasteiger partial charge in [-0.05, 0) is 43.7 Å². The van der Waals surface area contributed by atoms with Gasteiger partial charge in [0.2, 0.25) is 0 Å². The van der Waals surface area contributed by atoms with Crippen molar-refractivity contribution in [3.05, 3.63) is 69.9 Å². The van der Waals surface area contributed by atoms with Crippen LogP contribution in [-0.4, -0.2) is 15.9 Å². The molecule has 2 aromatic heterocycles. The number of carbonyl (C=O) groups is 1. The maximum absolute atomic E-state index is 12.6. The minimum absolute atomic E-state index is 0.113. The molecule has 0 saturated heterocycles. The summed E-state index contributed by atoms with van der Waals surface area (Å²) in [6, 6.07) is 11.1. The zero-order valence-electron chi connectivity index (χ0n) is 13.3. The van der Waals surface area contributed by atoms with Crippen LogP contribution in [0.2, 0.25) is 5.02 Å². The molecule has 0 unspecified atom stereocenters. The van der Waals surface area contributed by atoms with Gasteiger partial charge < -0.3 is 5.32 Å². The molecule has 1 atom stereocenters. The van der Waals surface area contributed by atoms with Crippen LogP contribution >= 0.6 is 22.9 Å². The minimum atomic E-state index is -0.123. The summed E-state index contributed by atoms with van der Waals surface area (Å²) in [6.45, 7) is 3.79. The number of benzene rings is 1. The third-order valence-corrected chi connectivity index (χ3v) is 5.09. The van der Waals surface area contributed by atoms with Crippen LogP contribution in [0.3, 0.4) is 0 Å². The molecule has 0 bridgehead atoms. The molecule has 1 amide bonds. The molecule has 0 radical (unpaired) electrons. The van der Waals surface area contributed by atoms with E-state index in [0.717, 1.165) is 21.8 Å². The van der Waals surface area contributed by atoms with E-state index in [1.807, 2.05) is 50.2 Å². The standard InChI is InChI=1S/C18H16ClN3OS/c1-11(13-5-7-15(19)8-6-13)21-17(23)16-12(2)22-18(24-16)14-4-3-9-20-10-14/h3-11H,1-2H3,(H,21,23)/t11-/m1/s1. The van der Waals surface area contributed by atoms with Crippen molar-refractivity contribution in [1.82, 2.24) is 15.3 Å². The SMILES string of the molecule is Cc1nc(-c2cccnc2)sc1C(=O)N[C@H](C)c1ccc(Cl)cc1. The summed E-state index contributed by atoms with van der Waals surface area (Å²) in [5.74, 6) is -0.123. The van der Waals surface area contributed by atoms with Gasteiger partial charge in [0.25, 0.3) is 5.91 Å². The minimum Gasteiger partial charge on any atom is -0.345 e. The van der Waals surface area contributed by atoms with Gasteiger partial charge in [-0.15, -0.1) is 11.3 Å². The summed E-state index contributed by atoms with van der Waals surface area (Å²) < 4.78 is 0. The number of hydrogen-bond donors (Lipinski definition) is 1. The Kier molecular flexibility index (Phi) is 4.92. The van der Waals surface area contributed by atoms with E-state index in [4.69, 9.17) is 11.6 Å². The van der Waals surface area contributed by atoms with Crippen molar-refractivity contribution in [2.24, 2.45) is 0 Å². The van der Waals surface area contributed by atoms with Crippen LogP contribution in [0.15, 0.2) is 48.8 Å². The van der Waals surface area contributed by atoms with Crippen LogP contribution < -0.4 is 5.32 Å². The summed E-state index contributed by atoms with van der Waals surface area (Å²) in [7, 11) is 0. The summed E-state index contributed by atoms with van der Waals surface area (Å²) in [5, 5.41) is 4.48. The van der Waals surface area contributed by atoms with Crippen molar-refractivity contribution in [3.8, 4) is 10.6 Å². The first-order chi connectivity index (χ1) is 11.5. The van der Waals surface area contributed by atoms with Crippen LogP contribution in [-0.2, 0) is 0 Å². The van der Waals surface area contributed by atoms with E-state index in [0.29, 0.717) is 9.90 Å². The normalized spacial score (nSPS) is 12.0. The molecule has 4 nitrogen and oxygen atoms in total. The van der Waals surface area contributed by atoms with Gasteiger partial charge in [-0.25, -0.2) is 4.98 Å². The van der Waals surface area contributed by atoms with Gasteiger partial charge in [-0.1, -0.05) is 23.7 Å². The molecule has 122 valence electrons. The van der Waals surface area contributed by atoms with Crippen molar-refractivity contribution in [2.75, 3.05) is 0 Å². The molecule has 1 aromatic carbocycles. The number of thiazole rings is 1. The lowest BCUT2D eigenvalue weighted by molar-refractivity contribution is 0.0943. The van der Waals surface area contributed by atoms with Gasteiger partial charge in [0.15, 0.2) is 0 Å². The largest absolute Gasteiger partial charge is 0.345 e. The molecular formula is C18H16ClN3OS. The Balaban J connectivity index is 1.78. The van der Waals surface area contributed by atoms with Crippen molar-refractivity contribution in [2.45, 2.75) is 19.9 Å². The zero-order chi connectivity index (χ0) is 17.1. The highest BCUT2D eigenvalue weighted by Gasteiger charge is 2.18. The molecule has 0 spiro atoms. The predicted octanol–water partition coefficient (Wildman–Crippen LogP) is 4.66. The van der Waals surface area contributed by atoms with Crippen LogP contribution in [0, 0.1) is 6.92 Å². The molecular weight excluding hydrogens is 342 g/mol. The molecule has 0 saturated carbocycles. The Hall–Kier alpha value is -2.24. The molecule has 3 aromatic rings. The number of nitrogens with zero attached hydrogens (tertiary/aromatic N) is 2. The van der Waals surface area contributed by atoms with Gasteiger partial charge in [0.05, 0.1) is 11.7 Å². The monoisotopic (exact) mass is 357 g/mol. The first kappa shape index (κ1) is 16.6. The van der Waals surface area contributed by atoms with E-state index < -0.39 is 0 Å². The van der Waals surface area contributed by atoms with Crippen molar-refractivity contribution in [3.63, 3.8) is 0 Å². The van der Waals surface area contributed by atoms with E-state index in [2.05, 4.69) is 15.3 Å². The maximum Gasteiger partial charge on any atom is 0.263 e. The Morgan fingerprint density at radius 2 is 2.00 bits per heavy atom. The predicted molar refractivity (Wildman–Crippen MR) is 97.4 cm³/mol. The number of hydrogen-bond acceptors (Lipinski definition) is 4. The molecule has 24 heavy (non-hydrogen) atoms.